The van der Waals surface area contributed by atoms with Crippen molar-refractivity contribution in [3.63, 3.8) is 0 Å². The molecule has 6 aromatic carbocycles. The molecule has 0 unspecified atom stereocenters. The highest BCUT2D eigenvalue weighted by atomic mass is 32.1. The fraction of sp³-hybridized carbons (Fsp3) is 0.0270. The van der Waals surface area contributed by atoms with Crippen LogP contribution in [0.25, 0.3) is 31.3 Å². The molecule has 0 atom stereocenters. The zero-order valence-corrected chi connectivity index (χ0v) is 21.8. The van der Waals surface area contributed by atoms with Gasteiger partial charge in [-0.25, -0.2) is 0 Å². The number of hydrogen-bond acceptors (Lipinski definition) is 2. The van der Waals surface area contributed by atoms with Crippen LogP contribution in [-0.4, -0.2) is 0 Å². The monoisotopic (exact) mass is 519 g/mol. The van der Waals surface area contributed by atoms with Crippen LogP contribution in [0.5, 0.6) is 0 Å². The van der Waals surface area contributed by atoms with Gasteiger partial charge in [0.2, 0.25) is 0 Å². The molecule has 1 aliphatic carbocycles. The van der Waals surface area contributed by atoms with E-state index in [2.05, 4.69) is 78.1 Å². The first kappa shape index (κ1) is 18.6. The van der Waals surface area contributed by atoms with E-state index in [-0.39, 0.29) is 24.2 Å². The second-order valence-electron chi connectivity index (χ2n) is 9.89. The minimum Gasteiger partial charge on any atom is -0.355 e. The topological polar surface area (TPSA) is 12.0 Å². The van der Waals surface area contributed by atoms with Gasteiger partial charge in [0.05, 0.1) is 10.9 Å². The number of rotatable bonds is 4. The third kappa shape index (κ3) is 3.25. The lowest BCUT2D eigenvalue weighted by atomic mass is 9.67. The van der Waals surface area contributed by atoms with Crippen LogP contribution in [0.4, 0.5) is 11.4 Å². The van der Waals surface area contributed by atoms with Crippen molar-refractivity contribution >= 4 is 42.9 Å². The zero-order valence-electron chi connectivity index (χ0n) is 25.0. The zero-order chi connectivity index (χ0) is 29.3. The Kier molecular flexibility index (Phi) is 4.14. The molecule has 1 N–H and O–H groups in total. The lowest BCUT2D eigenvalue weighted by molar-refractivity contribution is 0.769. The van der Waals surface area contributed by atoms with Crippen molar-refractivity contribution in [2.24, 2.45) is 0 Å². The maximum atomic E-state index is 9.22. The van der Waals surface area contributed by atoms with Crippen LogP contribution in [0.15, 0.2) is 145 Å². The van der Waals surface area contributed by atoms with Crippen LogP contribution >= 0.6 is 11.3 Å². The van der Waals surface area contributed by atoms with Crippen molar-refractivity contribution in [3.05, 3.63) is 168 Å². The van der Waals surface area contributed by atoms with E-state index < -0.39 is 5.41 Å². The normalized spacial score (nSPS) is 14.8. The fourth-order valence-corrected chi connectivity index (χ4v) is 7.39. The molecule has 1 heterocycles. The molecule has 0 spiro atoms. The number of hydrogen-bond donors (Lipinski definition) is 1. The van der Waals surface area contributed by atoms with Gasteiger partial charge in [-0.15, -0.1) is 11.3 Å². The standard InChI is InChI=1S/C37H25NS/c1-3-12-25(13-4-1)37(26-14-5-2-6-15-26)31-18-9-7-16-28(31)29-23-22-27(24-32(29)37)38-33-19-11-21-35-36(33)30-17-8-10-20-34(30)39-35/h1-24,38H/i7D,9D,16D,18D. The van der Waals surface area contributed by atoms with Crippen LogP contribution in [0.2, 0.25) is 0 Å². The maximum absolute atomic E-state index is 9.22. The first-order chi connectivity index (χ1) is 21.0. The van der Waals surface area contributed by atoms with Gasteiger partial charge < -0.3 is 5.32 Å². The highest BCUT2D eigenvalue weighted by Gasteiger charge is 2.46. The van der Waals surface area contributed by atoms with E-state index in [1.54, 1.807) is 11.3 Å². The Morgan fingerprint density at radius 3 is 2.08 bits per heavy atom. The van der Waals surface area contributed by atoms with E-state index in [1.165, 1.54) is 20.2 Å². The second kappa shape index (κ2) is 8.69. The van der Waals surface area contributed by atoms with E-state index >= 15 is 0 Å². The number of fused-ring (bicyclic) bond motifs is 6. The van der Waals surface area contributed by atoms with E-state index in [4.69, 9.17) is 4.11 Å². The lowest BCUT2D eigenvalue weighted by Gasteiger charge is -2.34. The molecule has 0 amide bonds. The van der Waals surface area contributed by atoms with Crippen molar-refractivity contribution in [2.75, 3.05) is 5.32 Å². The van der Waals surface area contributed by atoms with Crippen molar-refractivity contribution in [2.45, 2.75) is 5.41 Å². The molecule has 0 aliphatic heterocycles. The molecule has 39 heavy (non-hydrogen) atoms. The molecule has 0 fully saturated rings. The maximum Gasteiger partial charge on any atom is 0.0714 e. The highest BCUT2D eigenvalue weighted by molar-refractivity contribution is 7.25. The Morgan fingerprint density at radius 2 is 1.28 bits per heavy atom. The molecular formula is C37H25NS. The van der Waals surface area contributed by atoms with Crippen molar-refractivity contribution in [1.29, 1.82) is 0 Å². The first-order valence-electron chi connectivity index (χ1n) is 15.0. The van der Waals surface area contributed by atoms with Gasteiger partial charge in [-0.2, -0.15) is 0 Å². The summed E-state index contributed by atoms with van der Waals surface area (Å²) >= 11 is 1.78. The van der Waals surface area contributed by atoms with Crippen LogP contribution in [0.3, 0.4) is 0 Å². The molecule has 1 aromatic heterocycles. The number of thiophene rings is 1. The molecule has 1 nitrogen and oxygen atoms in total. The number of benzene rings is 6. The van der Waals surface area contributed by atoms with Crippen LogP contribution < -0.4 is 5.32 Å². The highest BCUT2D eigenvalue weighted by Crippen LogP contribution is 2.56. The van der Waals surface area contributed by atoms with Crippen molar-refractivity contribution < 1.29 is 5.48 Å². The summed E-state index contributed by atoms with van der Waals surface area (Å²) in [5.41, 5.74) is 5.77. The van der Waals surface area contributed by atoms with Gasteiger partial charge in [0.15, 0.2) is 0 Å². The number of nitrogens with one attached hydrogen (secondary N) is 1. The molecule has 0 saturated carbocycles. The predicted molar refractivity (Wildman–Crippen MR) is 166 cm³/mol. The first-order valence-corrected chi connectivity index (χ1v) is 13.9. The van der Waals surface area contributed by atoms with Crippen molar-refractivity contribution in [3.8, 4) is 11.1 Å². The molecule has 0 radical (unpaired) electrons. The number of anilines is 2. The molecule has 0 saturated heterocycles. The smallest absolute Gasteiger partial charge is 0.0714 e. The van der Waals surface area contributed by atoms with Crippen LogP contribution in [0, 0.1) is 0 Å². The summed E-state index contributed by atoms with van der Waals surface area (Å²) < 4.78 is 37.9. The summed E-state index contributed by atoms with van der Waals surface area (Å²) in [5, 5.41) is 6.11. The van der Waals surface area contributed by atoms with E-state index in [9.17, 15) is 1.37 Å². The summed E-state index contributed by atoms with van der Waals surface area (Å²) in [5.74, 6) is 0. The molecule has 1 aliphatic rings. The second-order valence-corrected chi connectivity index (χ2v) is 11.0. The van der Waals surface area contributed by atoms with Crippen LogP contribution in [-0.2, 0) is 5.41 Å². The average Bonchev–Trinajstić information content (AvgIpc) is 3.58. The summed E-state index contributed by atoms with van der Waals surface area (Å²) in [6.45, 7) is 0. The third-order valence-electron chi connectivity index (χ3n) is 7.85. The summed E-state index contributed by atoms with van der Waals surface area (Å²) in [7, 11) is 0. The molecular weight excluding hydrogens is 490 g/mol. The Hall–Kier alpha value is -4.66. The summed E-state index contributed by atoms with van der Waals surface area (Å²) in [6, 6.07) is 40.7. The molecule has 7 aromatic rings. The third-order valence-corrected chi connectivity index (χ3v) is 8.99. The minimum absolute atomic E-state index is 0.0103. The largest absolute Gasteiger partial charge is 0.355 e. The fourth-order valence-electron chi connectivity index (χ4n) is 6.26. The molecule has 0 bridgehead atoms. The van der Waals surface area contributed by atoms with Gasteiger partial charge in [-0.3, -0.25) is 0 Å². The summed E-state index contributed by atoms with van der Waals surface area (Å²) in [6.07, 6.45) is 0. The molecule has 184 valence electrons. The van der Waals surface area contributed by atoms with Gasteiger partial charge in [-0.05, 0) is 63.7 Å². The Balaban J connectivity index is 1.43. The quantitative estimate of drug-likeness (QED) is 0.244. The summed E-state index contributed by atoms with van der Waals surface area (Å²) in [4.78, 5) is 0. The van der Waals surface area contributed by atoms with E-state index in [0.29, 0.717) is 11.1 Å². The van der Waals surface area contributed by atoms with Gasteiger partial charge in [0.1, 0.15) is 0 Å². The van der Waals surface area contributed by atoms with Gasteiger partial charge in [0.25, 0.3) is 0 Å². The van der Waals surface area contributed by atoms with E-state index in [0.717, 1.165) is 33.6 Å². The average molecular weight is 520 g/mol. The molecule has 8 rings (SSSR count). The van der Waals surface area contributed by atoms with E-state index in [1.807, 2.05) is 48.5 Å². The van der Waals surface area contributed by atoms with Gasteiger partial charge >= 0.3 is 0 Å². The van der Waals surface area contributed by atoms with Crippen molar-refractivity contribution in [1.82, 2.24) is 0 Å². The lowest BCUT2D eigenvalue weighted by Crippen LogP contribution is -2.28. The SMILES string of the molecule is [2H]c1c([2H])c([2H])c2c(c1[2H])-c1ccc(Nc3cccc4sc5ccccc5c34)cc1C2(c1ccccc1)c1ccccc1. The Morgan fingerprint density at radius 1 is 0.590 bits per heavy atom. The predicted octanol–water partition coefficient (Wildman–Crippen LogP) is 10.2. The Labute approximate surface area is 237 Å². The van der Waals surface area contributed by atoms with Gasteiger partial charge in [-0.1, -0.05) is 115 Å². The van der Waals surface area contributed by atoms with Crippen LogP contribution in [0.1, 0.15) is 27.7 Å². The Bertz CT molecular complexity index is 2170. The van der Waals surface area contributed by atoms with Gasteiger partial charge in [0, 0.05) is 31.5 Å². The minimum atomic E-state index is -0.942. The molecule has 2 heteroatoms.